The van der Waals surface area contributed by atoms with Gasteiger partial charge in [0.25, 0.3) is 0 Å². The van der Waals surface area contributed by atoms with Gasteiger partial charge in [0, 0.05) is 27.1 Å². The van der Waals surface area contributed by atoms with Gasteiger partial charge in [-0.25, -0.2) is 4.39 Å². The van der Waals surface area contributed by atoms with Crippen LogP contribution in [0.3, 0.4) is 0 Å². The van der Waals surface area contributed by atoms with Crippen molar-refractivity contribution in [1.82, 2.24) is 4.98 Å². The molecular formula is C11H11BrFN. The number of hydrogen-bond acceptors (Lipinski definition) is 0. The van der Waals surface area contributed by atoms with Crippen LogP contribution < -0.4 is 0 Å². The average Bonchev–Trinajstić information content (AvgIpc) is 2.45. The molecule has 0 amide bonds. The SMILES string of the molecule is CC(C)(F)c1c[nH]c2cc(Br)ccc12. The van der Waals surface area contributed by atoms with E-state index in [9.17, 15) is 4.39 Å². The number of halogens is 2. The van der Waals surface area contributed by atoms with Gasteiger partial charge in [-0.15, -0.1) is 0 Å². The van der Waals surface area contributed by atoms with Crippen LogP contribution >= 0.6 is 15.9 Å². The highest BCUT2D eigenvalue weighted by atomic mass is 79.9. The molecule has 0 saturated carbocycles. The van der Waals surface area contributed by atoms with Gasteiger partial charge in [-0.3, -0.25) is 0 Å². The molecule has 14 heavy (non-hydrogen) atoms. The standard InChI is InChI=1S/C11H11BrFN/c1-11(2,13)9-6-14-10-5-7(12)3-4-8(9)10/h3-6,14H,1-2H3. The quantitative estimate of drug-likeness (QED) is 0.789. The number of rotatable bonds is 1. The van der Waals surface area contributed by atoms with Gasteiger partial charge in [0.2, 0.25) is 0 Å². The van der Waals surface area contributed by atoms with Crippen LogP contribution in [0, 0.1) is 0 Å². The third-order valence-electron chi connectivity index (χ3n) is 2.28. The summed E-state index contributed by atoms with van der Waals surface area (Å²) in [5.41, 5.74) is 0.367. The molecule has 1 N–H and O–H groups in total. The second-order valence-electron chi connectivity index (χ2n) is 3.86. The highest BCUT2D eigenvalue weighted by Crippen LogP contribution is 2.32. The molecule has 0 atom stereocenters. The third-order valence-corrected chi connectivity index (χ3v) is 2.78. The van der Waals surface area contributed by atoms with E-state index in [0.717, 1.165) is 15.4 Å². The summed E-state index contributed by atoms with van der Waals surface area (Å²) in [6.45, 7) is 3.13. The molecule has 0 spiro atoms. The van der Waals surface area contributed by atoms with Crippen molar-refractivity contribution in [3.63, 3.8) is 0 Å². The van der Waals surface area contributed by atoms with Crippen molar-refractivity contribution in [3.05, 3.63) is 34.4 Å². The number of hydrogen-bond donors (Lipinski definition) is 1. The number of benzene rings is 1. The largest absolute Gasteiger partial charge is 0.361 e. The van der Waals surface area contributed by atoms with Gasteiger partial charge in [-0.1, -0.05) is 22.0 Å². The first-order valence-electron chi connectivity index (χ1n) is 4.44. The monoisotopic (exact) mass is 255 g/mol. The summed E-state index contributed by atoms with van der Waals surface area (Å²) < 4.78 is 14.7. The van der Waals surface area contributed by atoms with E-state index in [1.807, 2.05) is 18.2 Å². The lowest BCUT2D eigenvalue weighted by molar-refractivity contribution is 0.224. The maximum atomic E-state index is 13.8. The first kappa shape index (κ1) is 9.71. The molecule has 0 fully saturated rings. The number of aromatic amines is 1. The van der Waals surface area contributed by atoms with E-state index < -0.39 is 5.67 Å². The Labute approximate surface area is 90.5 Å². The summed E-state index contributed by atoms with van der Waals surface area (Å²) >= 11 is 3.38. The smallest absolute Gasteiger partial charge is 0.132 e. The summed E-state index contributed by atoms with van der Waals surface area (Å²) in [6, 6.07) is 5.79. The molecule has 0 aliphatic rings. The van der Waals surface area contributed by atoms with Crippen LogP contribution in [0.25, 0.3) is 10.9 Å². The highest BCUT2D eigenvalue weighted by molar-refractivity contribution is 9.10. The predicted octanol–water partition coefficient (Wildman–Crippen LogP) is 4.14. The van der Waals surface area contributed by atoms with Gasteiger partial charge in [-0.05, 0) is 26.0 Å². The van der Waals surface area contributed by atoms with Crippen molar-refractivity contribution in [2.24, 2.45) is 0 Å². The zero-order valence-corrected chi connectivity index (χ0v) is 9.65. The molecule has 3 heteroatoms. The first-order chi connectivity index (χ1) is 6.48. The summed E-state index contributed by atoms with van der Waals surface area (Å²) in [5, 5.41) is 0.945. The Morgan fingerprint density at radius 2 is 2.07 bits per heavy atom. The van der Waals surface area contributed by atoms with Gasteiger partial charge in [0.05, 0.1) is 0 Å². The van der Waals surface area contributed by atoms with Gasteiger partial charge >= 0.3 is 0 Å². The Morgan fingerprint density at radius 1 is 1.36 bits per heavy atom. The second kappa shape index (κ2) is 3.09. The third kappa shape index (κ3) is 1.57. The topological polar surface area (TPSA) is 15.8 Å². The minimum atomic E-state index is -1.30. The Morgan fingerprint density at radius 3 is 2.71 bits per heavy atom. The Balaban J connectivity index is 2.70. The Bertz CT molecular complexity index is 468. The van der Waals surface area contributed by atoms with Gasteiger partial charge in [0.1, 0.15) is 5.67 Å². The predicted molar refractivity (Wildman–Crippen MR) is 60.1 cm³/mol. The molecule has 2 aromatic rings. The van der Waals surface area contributed by atoms with Crippen LogP contribution in [0.5, 0.6) is 0 Å². The molecular weight excluding hydrogens is 245 g/mol. The van der Waals surface area contributed by atoms with Crippen LogP contribution in [0.4, 0.5) is 4.39 Å². The molecule has 0 saturated heterocycles. The molecule has 0 radical (unpaired) electrons. The molecule has 2 rings (SSSR count). The highest BCUT2D eigenvalue weighted by Gasteiger charge is 2.22. The molecule has 0 aliphatic carbocycles. The van der Waals surface area contributed by atoms with Crippen molar-refractivity contribution in [3.8, 4) is 0 Å². The summed E-state index contributed by atoms with van der Waals surface area (Å²) in [4.78, 5) is 3.07. The lowest BCUT2D eigenvalue weighted by atomic mass is 10.00. The molecule has 1 heterocycles. The van der Waals surface area contributed by atoms with E-state index >= 15 is 0 Å². The summed E-state index contributed by atoms with van der Waals surface area (Å²) in [6.07, 6.45) is 1.73. The molecule has 0 bridgehead atoms. The van der Waals surface area contributed by atoms with Gasteiger partial charge in [0.15, 0.2) is 0 Å². The number of nitrogens with one attached hydrogen (secondary N) is 1. The van der Waals surface area contributed by atoms with E-state index in [-0.39, 0.29) is 0 Å². The summed E-state index contributed by atoms with van der Waals surface area (Å²) in [5.74, 6) is 0. The fraction of sp³-hybridized carbons (Fsp3) is 0.273. The van der Waals surface area contributed by atoms with E-state index in [0.29, 0.717) is 5.56 Å². The van der Waals surface area contributed by atoms with Crippen LogP contribution in [0.1, 0.15) is 19.4 Å². The Hall–Kier alpha value is -0.830. The normalized spacial score (nSPS) is 12.3. The van der Waals surface area contributed by atoms with Crippen molar-refractivity contribution in [2.75, 3.05) is 0 Å². The number of aromatic nitrogens is 1. The average molecular weight is 256 g/mol. The number of H-pyrrole nitrogens is 1. The summed E-state index contributed by atoms with van der Waals surface area (Å²) in [7, 11) is 0. The van der Waals surface area contributed by atoms with Crippen LogP contribution in [0.2, 0.25) is 0 Å². The molecule has 74 valence electrons. The maximum absolute atomic E-state index is 13.8. The van der Waals surface area contributed by atoms with Crippen LogP contribution in [0.15, 0.2) is 28.9 Å². The lowest BCUT2D eigenvalue weighted by Crippen LogP contribution is -2.07. The molecule has 1 nitrogen and oxygen atoms in total. The van der Waals surface area contributed by atoms with E-state index in [1.54, 1.807) is 20.0 Å². The van der Waals surface area contributed by atoms with Crippen molar-refractivity contribution < 1.29 is 4.39 Å². The van der Waals surface area contributed by atoms with Crippen molar-refractivity contribution in [2.45, 2.75) is 19.5 Å². The number of fused-ring (bicyclic) bond motifs is 1. The van der Waals surface area contributed by atoms with E-state index in [2.05, 4.69) is 20.9 Å². The van der Waals surface area contributed by atoms with Crippen molar-refractivity contribution in [1.29, 1.82) is 0 Å². The molecule has 1 aromatic heterocycles. The first-order valence-corrected chi connectivity index (χ1v) is 5.24. The van der Waals surface area contributed by atoms with Gasteiger partial charge in [-0.2, -0.15) is 0 Å². The maximum Gasteiger partial charge on any atom is 0.132 e. The lowest BCUT2D eigenvalue weighted by Gasteiger charge is -2.12. The second-order valence-corrected chi connectivity index (χ2v) is 4.78. The minimum absolute atomic E-state index is 0.708. The minimum Gasteiger partial charge on any atom is -0.361 e. The molecule has 0 aliphatic heterocycles. The molecule has 1 aromatic carbocycles. The fourth-order valence-corrected chi connectivity index (χ4v) is 1.95. The Kier molecular flexibility index (Phi) is 2.14. The number of alkyl halides is 1. The van der Waals surface area contributed by atoms with Crippen molar-refractivity contribution >= 4 is 26.8 Å². The zero-order valence-electron chi connectivity index (χ0n) is 8.07. The van der Waals surface area contributed by atoms with Gasteiger partial charge < -0.3 is 4.98 Å². The zero-order chi connectivity index (χ0) is 10.3. The van der Waals surface area contributed by atoms with Crippen LogP contribution in [-0.2, 0) is 5.67 Å². The fourth-order valence-electron chi connectivity index (χ4n) is 1.59. The van der Waals surface area contributed by atoms with E-state index in [1.165, 1.54) is 0 Å². The van der Waals surface area contributed by atoms with E-state index in [4.69, 9.17) is 0 Å². The van der Waals surface area contributed by atoms with Crippen LogP contribution in [-0.4, -0.2) is 4.98 Å². The molecule has 0 unspecified atom stereocenters.